The third kappa shape index (κ3) is 5.49. The van der Waals surface area contributed by atoms with Gasteiger partial charge in [-0.3, -0.25) is 9.59 Å². The number of amides is 1. The molecule has 0 bridgehead atoms. The van der Waals surface area contributed by atoms with Gasteiger partial charge in [0, 0.05) is 30.7 Å². The molecule has 5 nitrogen and oxygen atoms in total. The number of rotatable bonds is 8. The summed E-state index contributed by atoms with van der Waals surface area (Å²) in [5.74, 6) is -0.0389. The average molecular weight is 330 g/mol. The fourth-order valence-electron chi connectivity index (χ4n) is 2.50. The topological polar surface area (TPSA) is 71.2 Å². The quantitative estimate of drug-likeness (QED) is 0.731. The Morgan fingerprint density at radius 1 is 1.29 bits per heavy atom. The van der Waals surface area contributed by atoms with Crippen LogP contribution in [0, 0.1) is 6.92 Å². The van der Waals surface area contributed by atoms with E-state index in [4.69, 9.17) is 4.74 Å². The molecule has 0 saturated carbocycles. The highest BCUT2D eigenvalue weighted by Crippen LogP contribution is 2.13. The van der Waals surface area contributed by atoms with Crippen LogP contribution in [0.1, 0.15) is 37.8 Å². The van der Waals surface area contributed by atoms with Crippen LogP contribution in [-0.4, -0.2) is 30.1 Å². The van der Waals surface area contributed by atoms with Crippen molar-refractivity contribution in [1.82, 2.24) is 10.3 Å². The van der Waals surface area contributed by atoms with E-state index in [2.05, 4.69) is 10.3 Å². The zero-order chi connectivity index (χ0) is 17.5. The molecule has 0 fully saturated rings. The molecule has 0 spiro atoms. The van der Waals surface area contributed by atoms with E-state index >= 15 is 0 Å². The fraction of sp³-hybridized carbons (Fsp3) is 0.474. The first-order valence-corrected chi connectivity index (χ1v) is 8.46. The molecule has 1 aromatic heterocycles. The number of fused-ring (bicyclic) bond motifs is 1. The number of H-pyrrole nitrogens is 1. The van der Waals surface area contributed by atoms with E-state index in [9.17, 15) is 9.59 Å². The Balaban J connectivity index is 1.84. The third-order valence-corrected chi connectivity index (χ3v) is 3.79. The highest BCUT2D eigenvalue weighted by Gasteiger charge is 2.07. The molecule has 0 unspecified atom stereocenters. The number of aromatic nitrogens is 1. The van der Waals surface area contributed by atoms with Gasteiger partial charge in [0.2, 0.25) is 5.91 Å². The molecule has 2 N–H and O–H groups in total. The number of hydrogen-bond acceptors (Lipinski definition) is 3. The Hall–Kier alpha value is -2.14. The minimum absolute atomic E-state index is 0.0389. The highest BCUT2D eigenvalue weighted by molar-refractivity contribution is 5.80. The summed E-state index contributed by atoms with van der Waals surface area (Å²) in [5.41, 5.74) is 2.46. The van der Waals surface area contributed by atoms with Crippen molar-refractivity contribution in [2.45, 2.75) is 46.1 Å². The van der Waals surface area contributed by atoms with Crippen molar-refractivity contribution in [3.05, 3.63) is 45.7 Å². The fourth-order valence-corrected chi connectivity index (χ4v) is 2.50. The number of pyridine rings is 1. The molecule has 0 aliphatic heterocycles. The summed E-state index contributed by atoms with van der Waals surface area (Å²) in [7, 11) is 0. The van der Waals surface area contributed by atoms with Gasteiger partial charge < -0.3 is 15.0 Å². The van der Waals surface area contributed by atoms with E-state index in [-0.39, 0.29) is 17.6 Å². The highest BCUT2D eigenvalue weighted by atomic mass is 16.5. The lowest BCUT2D eigenvalue weighted by molar-refractivity contribution is -0.121. The van der Waals surface area contributed by atoms with Gasteiger partial charge in [0.25, 0.3) is 5.56 Å². The molecular formula is C19H26N2O3. The van der Waals surface area contributed by atoms with Crippen molar-refractivity contribution in [2.24, 2.45) is 0 Å². The monoisotopic (exact) mass is 330 g/mol. The van der Waals surface area contributed by atoms with Crippen LogP contribution in [0.15, 0.2) is 29.1 Å². The van der Waals surface area contributed by atoms with E-state index in [1.165, 1.54) is 0 Å². The zero-order valence-electron chi connectivity index (χ0n) is 14.6. The Kier molecular flexibility index (Phi) is 6.55. The first-order chi connectivity index (χ1) is 11.5. The number of aromatic amines is 1. The van der Waals surface area contributed by atoms with Gasteiger partial charge in [-0.1, -0.05) is 12.1 Å². The predicted molar refractivity (Wildman–Crippen MR) is 96.3 cm³/mol. The molecule has 5 heteroatoms. The summed E-state index contributed by atoms with van der Waals surface area (Å²) >= 11 is 0. The van der Waals surface area contributed by atoms with Crippen LogP contribution in [0.2, 0.25) is 0 Å². The zero-order valence-corrected chi connectivity index (χ0v) is 14.6. The number of benzene rings is 1. The molecule has 1 amide bonds. The van der Waals surface area contributed by atoms with Gasteiger partial charge in [-0.05, 0) is 56.7 Å². The lowest BCUT2D eigenvalue weighted by atomic mass is 10.1. The van der Waals surface area contributed by atoms with E-state index in [0.29, 0.717) is 31.6 Å². The van der Waals surface area contributed by atoms with Crippen molar-refractivity contribution in [2.75, 3.05) is 13.2 Å². The van der Waals surface area contributed by atoms with Crippen molar-refractivity contribution < 1.29 is 9.53 Å². The second kappa shape index (κ2) is 8.64. The lowest BCUT2D eigenvalue weighted by Gasteiger charge is -2.08. The number of carbonyl (C=O) groups is 1. The van der Waals surface area contributed by atoms with Crippen molar-refractivity contribution in [1.29, 1.82) is 0 Å². The van der Waals surface area contributed by atoms with E-state index < -0.39 is 0 Å². The second-order valence-electron chi connectivity index (χ2n) is 6.34. The summed E-state index contributed by atoms with van der Waals surface area (Å²) < 4.78 is 5.42. The molecule has 130 valence electrons. The van der Waals surface area contributed by atoms with E-state index in [1.54, 1.807) is 0 Å². The Bertz CT molecular complexity index is 750. The number of nitrogens with one attached hydrogen (secondary N) is 2. The van der Waals surface area contributed by atoms with Crippen molar-refractivity contribution in [3.63, 3.8) is 0 Å². The first kappa shape index (κ1) is 18.2. The number of ether oxygens (including phenoxy) is 1. The Morgan fingerprint density at radius 2 is 2.08 bits per heavy atom. The Morgan fingerprint density at radius 3 is 2.83 bits per heavy atom. The van der Waals surface area contributed by atoms with E-state index in [1.807, 2.05) is 45.0 Å². The number of carbonyl (C=O) groups excluding carboxylic acids is 1. The molecule has 1 aromatic carbocycles. The maximum atomic E-state index is 12.1. The van der Waals surface area contributed by atoms with Gasteiger partial charge >= 0.3 is 0 Å². The molecule has 2 aromatic rings. The SMILES string of the molecule is Cc1ccc2cc(CCC(=O)NCCCOC(C)C)c(=O)[nH]c2c1. The van der Waals surface area contributed by atoms with Crippen LogP contribution in [-0.2, 0) is 16.0 Å². The molecule has 0 aliphatic carbocycles. The molecule has 1 heterocycles. The van der Waals surface area contributed by atoms with Crippen molar-refractivity contribution >= 4 is 16.8 Å². The molecule has 24 heavy (non-hydrogen) atoms. The van der Waals surface area contributed by atoms with Crippen LogP contribution < -0.4 is 10.9 Å². The van der Waals surface area contributed by atoms with E-state index in [0.717, 1.165) is 22.9 Å². The maximum absolute atomic E-state index is 12.1. The minimum atomic E-state index is -0.119. The Labute approximate surface area is 142 Å². The van der Waals surface area contributed by atoms with Gasteiger partial charge in [-0.2, -0.15) is 0 Å². The standard InChI is InChI=1S/C19H26N2O3/c1-13(2)24-10-4-9-20-18(22)8-7-16-12-15-6-5-14(3)11-17(15)21-19(16)23/h5-6,11-13H,4,7-10H2,1-3H3,(H,20,22)(H,21,23). The maximum Gasteiger partial charge on any atom is 0.251 e. The van der Waals surface area contributed by atoms with Crippen LogP contribution in [0.3, 0.4) is 0 Å². The third-order valence-electron chi connectivity index (χ3n) is 3.79. The summed E-state index contributed by atoms with van der Waals surface area (Å²) in [6.45, 7) is 7.20. The molecular weight excluding hydrogens is 304 g/mol. The molecule has 2 rings (SSSR count). The number of aryl methyl sites for hydroxylation is 2. The molecule has 0 saturated heterocycles. The first-order valence-electron chi connectivity index (χ1n) is 8.46. The van der Waals surface area contributed by atoms with Crippen LogP contribution in [0.4, 0.5) is 0 Å². The van der Waals surface area contributed by atoms with Gasteiger partial charge in [0.1, 0.15) is 0 Å². The smallest absolute Gasteiger partial charge is 0.251 e. The summed E-state index contributed by atoms with van der Waals surface area (Å²) in [6.07, 6.45) is 1.75. The average Bonchev–Trinajstić information content (AvgIpc) is 2.52. The molecule has 0 aliphatic rings. The van der Waals surface area contributed by atoms with Gasteiger partial charge in [0.05, 0.1) is 6.10 Å². The van der Waals surface area contributed by atoms with Gasteiger partial charge in [0.15, 0.2) is 0 Å². The summed E-state index contributed by atoms with van der Waals surface area (Å²) in [4.78, 5) is 26.9. The molecule has 0 atom stereocenters. The largest absolute Gasteiger partial charge is 0.379 e. The molecule has 0 radical (unpaired) electrons. The summed E-state index contributed by atoms with van der Waals surface area (Å²) in [6, 6.07) is 7.82. The van der Waals surface area contributed by atoms with Crippen LogP contribution >= 0.6 is 0 Å². The normalized spacial score (nSPS) is 11.2. The van der Waals surface area contributed by atoms with Gasteiger partial charge in [-0.15, -0.1) is 0 Å². The minimum Gasteiger partial charge on any atom is -0.379 e. The summed E-state index contributed by atoms with van der Waals surface area (Å²) in [5, 5.41) is 3.85. The predicted octanol–water partition coefficient (Wildman–Crippen LogP) is 2.70. The van der Waals surface area contributed by atoms with Crippen LogP contribution in [0.25, 0.3) is 10.9 Å². The van der Waals surface area contributed by atoms with Crippen molar-refractivity contribution in [3.8, 4) is 0 Å². The van der Waals surface area contributed by atoms with Crippen LogP contribution in [0.5, 0.6) is 0 Å². The number of hydrogen-bond donors (Lipinski definition) is 2. The second-order valence-corrected chi connectivity index (χ2v) is 6.34. The van der Waals surface area contributed by atoms with Gasteiger partial charge in [-0.25, -0.2) is 0 Å². The lowest BCUT2D eigenvalue weighted by Crippen LogP contribution is -2.26.